The maximum Gasteiger partial charge on any atom is 0.128 e. The van der Waals surface area contributed by atoms with E-state index >= 15 is 0 Å². The molecule has 0 amide bonds. The Kier molecular flexibility index (Phi) is 10.2. The van der Waals surface area contributed by atoms with E-state index in [-0.39, 0.29) is 6.04 Å². The molecule has 3 heteroatoms. The molecule has 0 radical (unpaired) electrons. The third kappa shape index (κ3) is 8.02. The Labute approximate surface area is 232 Å². The number of nitrogens with one attached hydrogen (secondary N) is 1. The first kappa shape index (κ1) is 27.6. The molecule has 0 spiro atoms. The van der Waals surface area contributed by atoms with Crippen LogP contribution in [0.5, 0.6) is 5.75 Å². The van der Waals surface area contributed by atoms with Crippen LogP contribution in [0.4, 0.5) is 0 Å². The highest BCUT2D eigenvalue weighted by Gasteiger charge is 2.13. The van der Waals surface area contributed by atoms with Crippen LogP contribution in [-0.2, 0) is 0 Å². The molecular formula is C36H36N2O. The summed E-state index contributed by atoms with van der Waals surface area (Å²) in [5.74, 6) is 0.829. The second-order valence-corrected chi connectivity index (χ2v) is 9.24. The first-order valence-corrected chi connectivity index (χ1v) is 13.2. The van der Waals surface area contributed by atoms with Crippen LogP contribution in [0.3, 0.4) is 0 Å². The number of ether oxygens (including phenoxy) is 1. The lowest BCUT2D eigenvalue weighted by molar-refractivity contribution is 0.362. The van der Waals surface area contributed by atoms with Gasteiger partial charge in [-0.15, -0.1) is 0 Å². The van der Waals surface area contributed by atoms with Crippen molar-refractivity contribution in [2.24, 2.45) is 5.73 Å². The molecule has 0 bridgehead atoms. The Bertz CT molecular complexity index is 1420. The van der Waals surface area contributed by atoms with Crippen molar-refractivity contribution in [2.75, 3.05) is 13.3 Å². The monoisotopic (exact) mass is 512 g/mol. The van der Waals surface area contributed by atoms with E-state index in [4.69, 9.17) is 10.5 Å². The van der Waals surface area contributed by atoms with E-state index in [0.717, 1.165) is 39.1 Å². The number of rotatable bonds is 6. The molecule has 1 heterocycles. The predicted molar refractivity (Wildman–Crippen MR) is 166 cm³/mol. The highest BCUT2D eigenvalue weighted by molar-refractivity contribution is 5.91. The molecule has 1 aliphatic rings. The van der Waals surface area contributed by atoms with Gasteiger partial charge in [-0.05, 0) is 53.0 Å². The number of nitrogens with two attached hydrogens (primary N) is 1. The van der Waals surface area contributed by atoms with Crippen molar-refractivity contribution in [1.29, 1.82) is 0 Å². The summed E-state index contributed by atoms with van der Waals surface area (Å²) in [6.07, 6.45) is 10.5. The molecule has 0 fully saturated rings. The minimum atomic E-state index is 0.0136. The Morgan fingerprint density at radius 1 is 0.872 bits per heavy atom. The number of fused-ring (bicyclic) bond motifs is 1. The van der Waals surface area contributed by atoms with Crippen molar-refractivity contribution in [2.45, 2.75) is 13.0 Å². The Morgan fingerprint density at radius 2 is 1.54 bits per heavy atom. The molecule has 1 atom stereocenters. The molecule has 196 valence electrons. The first-order chi connectivity index (χ1) is 19.2. The van der Waals surface area contributed by atoms with E-state index in [1.807, 2.05) is 72.8 Å². The summed E-state index contributed by atoms with van der Waals surface area (Å²) in [4.78, 5) is 0. The summed E-state index contributed by atoms with van der Waals surface area (Å²) in [5, 5.41) is 3.34. The van der Waals surface area contributed by atoms with E-state index in [1.165, 1.54) is 5.56 Å². The molecule has 4 aromatic rings. The topological polar surface area (TPSA) is 47.3 Å². The fraction of sp³-hybridized carbons (Fsp3) is 0.111. The molecule has 3 N–H and O–H groups in total. The van der Waals surface area contributed by atoms with E-state index in [9.17, 15) is 0 Å². The summed E-state index contributed by atoms with van der Waals surface area (Å²) in [7, 11) is 0. The van der Waals surface area contributed by atoms with Gasteiger partial charge in [0.1, 0.15) is 12.4 Å². The average molecular weight is 513 g/mol. The lowest BCUT2D eigenvalue weighted by atomic mass is 9.95. The maximum absolute atomic E-state index is 6.09. The SMILES string of the molecule is C=C1/C=C(c2ccccc2)\C=C/COc2cccc(/C=C/C(NCN)c3ccccc3)c21.Cc1ccccc1. The second kappa shape index (κ2) is 14.5. The van der Waals surface area contributed by atoms with Crippen molar-refractivity contribution < 1.29 is 4.74 Å². The van der Waals surface area contributed by atoms with Crippen LogP contribution in [0.1, 0.15) is 33.9 Å². The Morgan fingerprint density at radius 3 is 2.18 bits per heavy atom. The van der Waals surface area contributed by atoms with Gasteiger partial charge in [0.25, 0.3) is 0 Å². The van der Waals surface area contributed by atoms with Gasteiger partial charge < -0.3 is 10.5 Å². The largest absolute Gasteiger partial charge is 0.489 e. The van der Waals surface area contributed by atoms with Crippen LogP contribution < -0.4 is 15.8 Å². The zero-order valence-corrected chi connectivity index (χ0v) is 22.5. The second-order valence-electron chi connectivity index (χ2n) is 9.24. The van der Waals surface area contributed by atoms with E-state index in [0.29, 0.717) is 13.3 Å². The normalized spacial score (nSPS) is 15.7. The molecule has 0 saturated heterocycles. The summed E-state index contributed by atoms with van der Waals surface area (Å²) in [6, 6.07) is 37.0. The minimum Gasteiger partial charge on any atom is -0.489 e. The van der Waals surface area contributed by atoms with E-state index in [2.05, 4.69) is 85.6 Å². The van der Waals surface area contributed by atoms with Gasteiger partial charge in [-0.1, -0.05) is 133 Å². The number of aryl methyl sites for hydroxylation is 1. The van der Waals surface area contributed by atoms with Crippen LogP contribution >= 0.6 is 0 Å². The fourth-order valence-electron chi connectivity index (χ4n) is 4.40. The first-order valence-electron chi connectivity index (χ1n) is 13.2. The van der Waals surface area contributed by atoms with E-state index < -0.39 is 0 Å². The molecule has 0 saturated carbocycles. The van der Waals surface area contributed by atoms with Gasteiger partial charge in [-0.25, -0.2) is 0 Å². The van der Waals surface area contributed by atoms with Crippen molar-refractivity contribution in [3.05, 3.63) is 168 Å². The third-order valence-corrected chi connectivity index (χ3v) is 6.35. The number of benzene rings is 4. The number of allylic oxidation sites excluding steroid dienone is 4. The zero-order chi connectivity index (χ0) is 27.3. The Hall–Kier alpha value is -4.44. The standard InChI is InChI=1S/C29H28N2O.C7H8/c1-22-20-26(23-10-4-2-5-11-23)15-9-19-32-28-16-8-14-25(29(22)28)17-18-27(31-21-30)24-12-6-3-7-13-24;1-7-5-3-2-4-6-7/h2-18,20,27,31H,1,19,21,30H2;2-6H,1H3/b15-9-,18-17+,26-20+;. The fourth-order valence-corrected chi connectivity index (χ4v) is 4.40. The summed E-state index contributed by atoms with van der Waals surface area (Å²) in [5.41, 5.74) is 13.5. The highest BCUT2D eigenvalue weighted by atomic mass is 16.5. The lowest BCUT2D eigenvalue weighted by Crippen LogP contribution is -2.26. The third-order valence-electron chi connectivity index (χ3n) is 6.35. The number of hydrogen-bond acceptors (Lipinski definition) is 3. The lowest BCUT2D eigenvalue weighted by Gasteiger charge is -2.16. The van der Waals surface area contributed by atoms with Gasteiger partial charge in [0.2, 0.25) is 0 Å². The summed E-state index contributed by atoms with van der Waals surface area (Å²) >= 11 is 0. The quantitative estimate of drug-likeness (QED) is 0.257. The average Bonchev–Trinajstić information content (AvgIpc) is 3.06. The van der Waals surface area contributed by atoms with E-state index in [1.54, 1.807) is 0 Å². The van der Waals surface area contributed by atoms with Gasteiger partial charge in [-0.2, -0.15) is 0 Å². The van der Waals surface area contributed by atoms with Crippen LogP contribution in [0.2, 0.25) is 0 Å². The van der Waals surface area contributed by atoms with Gasteiger partial charge in [0, 0.05) is 12.2 Å². The van der Waals surface area contributed by atoms with Gasteiger partial charge in [0.05, 0.1) is 6.04 Å². The summed E-state index contributed by atoms with van der Waals surface area (Å²) in [6.45, 7) is 7.37. The molecule has 39 heavy (non-hydrogen) atoms. The number of hydrogen-bond donors (Lipinski definition) is 2. The minimum absolute atomic E-state index is 0.0136. The van der Waals surface area contributed by atoms with Crippen molar-refractivity contribution in [3.8, 4) is 5.75 Å². The van der Waals surface area contributed by atoms with Crippen molar-refractivity contribution in [3.63, 3.8) is 0 Å². The molecule has 0 aromatic heterocycles. The van der Waals surface area contributed by atoms with Gasteiger partial charge >= 0.3 is 0 Å². The van der Waals surface area contributed by atoms with Crippen LogP contribution in [-0.4, -0.2) is 13.3 Å². The molecular weight excluding hydrogens is 476 g/mol. The molecule has 4 aromatic carbocycles. The van der Waals surface area contributed by atoms with Crippen molar-refractivity contribution in [1.82, 2.24) is 5.32 Å². The smallest absolute Gasteiger partial charge is 0.128 e. The van der Waals surface area contributed by atoms with Gasteiger partial charge in [0.15, 0.2) is 0 Å². The van der Waals surface area contributed by atoms with Gasteiger partial charge in [-0.3, -0.25) is 5.32 Å². The van der Waals surface area contributed by atoms with Crippen LogP contribution in [0.15, 0.2) is 140 Å². The van der Waals surface area contributed by atoms with Crippen LogP contribution in [0.25, 0.3) is 17.2 Å². The molecule has 1 aliphatic heterocycles. The molecule has 0 aliphatic carbocycles. The van der Waals surface area contributed by atoms with Crippen molar-refractivity contribution >= 4 is 17.2 Å². The molecule has 1 unspecified atom stereocenters. The summed E-state index contributed by atoms with van der Waals surface area (Å²) < 4.78 is 6.09. The maximum atomic E-state index is 6.09. The Balaban J connectivity index is 0.000000438. The highest BCUT2D eigenvalue weighted by Crippen LogP contribution is 2.34. The molecule has 5 rings (SSSR count). The predicted octanol–water partition coefficient (Wildman–Crippen LogP) is 7.99. The van der Waals surface area contributed by atoms with Crippen LogP contribution in [0, 0.1) is 6.92 Å². The zero-order valence-electron chi connectivity index (χ0n) is 22.5. The molecule has 3 nitrogen and oxygen atoms in total.